The molecule has 0 saturated heterocycles. The van der Waals surface area contributed by atoms with Gasteiger partial charge in [-0.15, -0.1) is 0 Å². The minimum absolute atomic E-state index is 0.0464. The first kappa shape index (κ1) is 19.5. The topological polar surface area (TPSA) is 67.4 Å². The van der Waals surface area contributed by atoms with E-state index in [1.807, 2.05) is 37.3 Å². The largest absolute Gasteiger partial charge is 0.493 e. The van der Waals surface area contributed by atoms with E-state index in [0.29, 0.717) is 37.3 Å². The van der Waals surface area contributed by atoms with E-state index >= 15 is 0 Å². The lowest BCUT2D eigenvalue weighted by molar-refractivity contribution is -0.116. The molecule has 0 heterocycles. The van der Waals surface area contributed by atoms with Gasteiger partial charge in [0.2, 0.25) is 5.91 Å². The number of ether oxygens (including phenoxy) is 1. The quantitative estimate of drug-likeness (QED) is 0.673. The Bertz CT molecular complexity index is 744. The molecule has 0 atom stereocenters. The van der Waals surface area contributed by atoms with Crippen LogP contribution in [0.4, 0.5) is 5.69 Å². The van der Waals surface area contributed by atoms with Crippen molar-refractivity contribution in [2.45, 2.75) is 33.1 Å². The molecule has 2 N–H and O–H groups in total. The summed E-state index contributed by atoms with van der Waals surface area (Å²) in [6.07, 6.45) is 1.79. The normalized spacial score (nSPS) is 10.2. The Balaban J connectivity index is 1.78. The van der Waals surface area contributed by atoms with Crippen molar-refractivity contribution >= 4 is 17.5 Å². The number of carbonyl (C=O) groups excluding carboxylic acids is 2. The Labute approximate surface area is 154 Å². The van der Waals surface area contributed by atoms with Crippen LogP contribution < -0.4 is 15.4 Å². The number of hydrogen-bond acceptors (Lipinski definition) is 3. The second-order valence-corrected chi connectivity index (χ2v) is 5.85. The molecule has 2 aromatic carbocycles. The number of carbonyl (C=O) groups is 2. The summed E-state index contributed by atoms with van der Waals surface area (Å²) in [6.45, 7) is 4.87. The fraction of sp³-hybridized carbons (Fsp3) is 0.333. The minimum Gasteiger partial charge on any atom is -0.493 e. The molecule has 0 saturated carbocycles. The number of benzene rings is 2. The van der Waals surface area contributed by atoms with Crippen LogP contribution in [0.1, 0.15) is 42.6 Å². The summed E-state index contributed by atoms with van der Waals surface area (Å²) in [5, 5.41) is 5.78. The Hall–Kier alpha value is -2.82. The van der Waals surface area contributed by atoms with Gasteiger partial charge in [-0.2, -0.15) is 0 Å². The van der Waals surface area contributed by atoms with E-state index in [0.717, 1.165) is 17.7 Å². The lowest BCUT2D eigenvalue weighted by atomic mass is 10.1. The van der Waals surface area contributed by atoms with Gasteiger partial charge in [-0.3, -0.25) is 9.59 Å². The van der Waals surface area contributed by atoms with Crippen molar-refractivity contribution in [3.63, 3.8) is 0 Å². The van der Waals surface area contributed by atoms with Crippen LogP contribution in [0, 0.1) is 0 Å². The SMILES string of the molecule is CCOc1ccccc1C(=O)NCCCC(=O)Nc1ccccc1CC. The van der Waals surface area contributed by atoms with E-state index in [4.69, 9.17) is 4.74 Å². The third-order valence-corrected chi connectivity index (χ3v) is 3.97. The predicted molar refractivity (Wildman–Crippen MR) is 104 cm³/mol. The number of nitrogens with one attached hydrogen (secondary N) is 2. The molecule has 0 bridgehead atoms. The molecule has 0 unspecified atom stereocenters. The van der Waals surface area contributed by atoms with Crippen LogP contribution in [0.2, 0.25) is 0 Å². The maximum atomic E-state index is 12.3. The second-order valence-electron chi connectivity index (χ2n) is 5.85. The van der Waals surface area contributed by atoms with E-state index in [-0.39, 0.29) is 11.8 Å². The fourth-order valence-electron chi connectivity index (χ4n) is 2.64. The van der Waals surface area contributed by atoms with Gasteiger partial charge in [0, 0.05) is 18.7 Å². The summed E-state index contributed by atoms with van der Waals surface area (Å²) in [4.78, 5) is 24.4. The molecule has 26 heavy (non-hydrogen) atoms. The van der Waals surface area contributed by atoms with Crippen LogP contribution in [0.25, 0.3) is 0 Å². The van der Waals surface area contributed by atoms with Gasteiger partial charge in [-0.1, -0.05) is 37.3 Å². The summed E-state index contributed by atoms with van der Waals surface area (Å²) in [7, 11) is 0. The molecule has 2 aromatic rings. The van der Waals surface area contributed by atoms with Crippen LogP contribution in [0.15, 0.2) is 48.5 Å². The average molecular weight is 354 g/mol. The van der Waals surface area contributed by atoms with Gasteiger partial charge >= 0.3 is 0 Å². The fourth-order valence-corrected chi connectivity index (χ4v) is 2.64. The molecular weight excluding hydrogens is 328 g/mol. The highest BCUT2D eigenvalue weighted by atomic mass is 16.5. The highest BCUT2D eigenvalue weighted by Crippen LogP contribution is 2.18. The zero-order chi connectivity index (χ0) is 18.8. The van der Waals surface area contributed by atoms with Crippen molar-refractivity contribution in [3.8, 4) is 5.75 Å². The summed E-state index contributed by atoms with van der Waals surface area (Å²) in [6, 6.07) is 14.9. The number of amides is 2. The van der Waals surface area contributed by atoms with Crippen molar-refractivity contribution in [1.29, 1.82) is 0 Å². The maximum absolute atomic E-state index is 12.3. The molecule has 0 spiro atoms. The first-order chi connectivity index (χ1) is 12.7. The lowest BCUT2D eigenvalue weighted by Crippen LogP contribution is -2.26. The smallest absolute Gasteiger partial charge is 0.255 e. The molecule has 5 heteroatoms. The third-order valence-electron chi connectivity index (χ3n) is 3.97. The van der Waals surface area contributed by atoms with Crippen LogP contribution in [0.5, 0.6) is 5.75 Å². The number of para-hydroxylation sites is 2. The summed E-state index contributed by atoms with van der Waals surface area (Å²) >= 11 is 0. The Morgan fingerprint density at radius 3 is 2.50 bits per heavy atom. The van der Waals surface area contributed by atoms with E-state index in [1.54, 1.807) is 18.2 Å². The maximum Gasteiger partial charge on any atom is 0.255 e. The van der Waals surface area contributed by atoms with E-state index in [2.05, 4.69) is 17.6 Å². The van der Waals surface area contributed by atoms with Gasteiger partial charge in [0.1, 0.15) is 5.75 Å². The van der Waals surface area contributed by atoms with Crippen LogP contribution in [0.3, 0.4) is 0 Å². The first-order valence-electron chi connectivity index (χ1n) is 9.03. The second kappa shape index (κ2) is 10.2. The van der Waals surface area contributed by atoms with Gasteiger partial charge in [-0.05, 0) is 43.5 Å². The average Bonchev–Trinajstić information content (AvgIpc) is 2.66. The number of hydrogen-bond donors (Lipinski definition) is 2. The van der Waals surface area contributed by atoms with Gasteiger partial charge in [0.05, 0.1) is 12.2 Å². The summed E-state index contributed by atoms with van der Waals surface area (Å²) < 4.78 is 5.47. The molecule has 0 aliphatic heterocycles. The number of rotatable bonds is 9. The summed E-state index contributed by atoms with van der Waals surface area (Å²) in [5.41, 5.74) is 2.48. The van der Waals surface area contributed by atoms with Gasteiger partial charge < -0.3 is 15.4 Å². The standard InChI is InChI=1S/C21H26N2O3/c1-3-16-10-5-7-12-18(16)23-20(24)14-9-15-22-21(25)17-11-6-8-13-19(17)26-4-2/h5-8,10-13H,3-4,9,14-15H2,1-2H3,(H,22,25)(H,23,24). The van der Waals surface area contributed by atoms with Crippen molar-refractivity contribution < 1.29 is 14.3 Å². The Morgan fingerprint density at radius 1 is 1.00 bits per heavy atom. The molecule has 2 rings (SSSR count). The zero-order valence-corrected chi connectivity index (χ0v) is 15.4. The van der Waals surface area contributed by atoms with Crippen molar-refractivity contribution in [2.75, 3.05) is 18.5 Å². The highest BCUT2D eigenvalue weighted by Gasteiger charge is 2.11. The molecule has 5 nitrogen and oxygen atoms in total. The molecule has 0 fully saturated rings. The predicted octanol–water partition coefficient (Wildman–Crippen LogP) is 3.80. The third kappa shape index (κ3) is 5.62. The molecule has 0 aliphatic rings. The summed E-state index contributed by atoms with van der Waals surface area (Å²) in [5.74, 6) is 0.335. The van der Waals surface area contributed by atoms with Crippen molar-refractivity contribution in [1.82, 2.24) is 5.32 Å². The Kier molecular flexibility index (Phi) is 7.68. The van der Waals surface area contributed by atoms with Crippen molar-refractivity contribution in [2.24, 2.45) is 0 Å². The minimum atomic E-state index is -0.189. The zero-order valence-electron chi connectivity index (χ0n) is 15.4. The molecular formula is C21H26N2O3. The monoisotopic (exact) mass is 354 g/mol. The number of aryl methyl sites for hydroxylation is 1. The van der Waals surface area contributed by atoms with Crippen LogP contribution in [-0.2, 0) is 11.2 Å². The Morgan fingerprint density at radius 2 is 1.73 bits per heavy atom. The molecule has 138 valence electrons. The van der Waals surface area contributed by atoms with E-state index in [9.17, 15) is 9.59 Å². The highest BCUT2D eigenvalue weighted by molar-refractivity contribution is 5.97. The number of anilines is 1. The first-order valence-corrected chi connectivity index (χ1v) is 9.03. The van der Waals surface area contributed by atoms with Gasteiger partial charge in [0.25, 0.3) is 5.91 Å². The molecule has 0 aromatic heterocycles. The molecule has 0 aliphatic carbocycles. The van der Waals surface area contributed by atoms with Crippen LogP contribution >= 0.6 is 0 Å². The van der Waals surface area contributed by atoms with Gasteiger partial charge in [0.15, 0.2) is 0 Å². The van der Waals surface area contributed by atoms with E-state index in [1.165, 1.54) is 0 Å². The van der Waals surface area contributed by atoms with Crippen LogP contribution in [-0.4, -0.2) is 25.0 Å². The lowest BCUT2D eigenvalue weighted by Gasteiger charge is -2.11. The van der Waals surface area contributed by atoms with Gasteiger partial charge in [-0.25, -0.2) is 0 Å². The van der Waals surface area contributed by atoms with E-state index < -0.39 is 0 Å². The molecule has 0 radical (unpaired) electrons. The molecule has 2 amide bonds. The van der Waals surface area contributed by atoms with Crippen molar-refractivity contribution in [3.05, 3.63) is 59.7 Å².